The zero-order valence-electron chi connectivity index (χ0n) is 14.5. The number of methoxy groups -OCH3 is 1. The summed E-state index contributed by atoms with van der Waals surface area (Å²) in [5.41, 5.74) is 0.488. The minimum Gasteiger partial charge on any atom is -0.497 e. The lowest BCUT2D eigenvalue weighted by atomic mass is 10.1. The Morgan fingerprint density at radius 2 is 1.88 bits per heavy atom. The molecule has 134 valence electrons. The third-order valence-electron chi connectivity index (χ3n) is 3.75. The van der Waals surface area contributed by atoms with E-state index in [0.717, 1.165) is 10.1 Å². The predicted molar refractivity (Wildman–Crippen MR) is 101 cm³/mol. The Hall–Kier alpha value is -2.86. The van der Waals surface area contributed by atoms with Crippen molar-refractivity contribution >= 4 is 33.2 Å². The van der Waals surface area contributed by atoms with Crippen molar-refractivity contribution in [3.63, 3.8) is 0 Å². The number of ketones is 1. The number of carbonyl (C=O) groups excluding carboxylic acids is 2. The van der Waals surface area contributed by atoms with Gasteiger partial charge in [-0.2, -0.15) is 0 Å². The van der Waals surface area contributed by atoms with Crippen molar-refractivity contribution in [2.75, 3.05) is 20.3 Å². The first-order valence-electron chi connectivity index (χ1n) is 8.12. The minimum absolute atomic E-state index is 0.180. The Morgan fingerprint density at radius 1 is 1.08 bits per heavy atom. The second-order valence-electron chi connectivity index (χ2n) is 5.42. The van der Waals surface area contributed by atoms with Gasteiger partial charge in [0.25, 0.3) is 0 Å². The molecule has 0 fully saturated rings. The highest BCUT2D eigenvalue weighted by molar-refractivity contribution is 7.21. The van der Waals surface area contributed by atoms with Crippen LogP contribution in [-0.4, -0.2) is 32.1 Å². The summed E-state index contributed by atoms with van der Waals surface area (Å²) in [5, 5.41) is 0.791. The molecule has 0 amide bonds. The normalized spacial score (nSPS) is 10.5. The Morgan fingerprint density at radius 3 is 2.65 bits per heavy atom. The average Bonchev–Trinajstić information content (AvgIpc) is 3.05. The van der Waals surface area contributed by atoms with E-state index in [2.05, 4.69) is 0 Å². The van der Waals surface area contributed by atoms with Crippen LogP contribution in [0.1, 0.15) is 27.0 Å². The van der Waals surface area contributed by atoms with Gasteiger partial charge >= 0.3 is 5.97 Å². The number of benzene rings is 2. The predicted octanol–water partition coefficient (Wildman–Crippen LogP) is 4.35. The summed E-state index contributed by atoms with van der Waals surface area (Å²) < 4.78 is 16.9. The van der Waals surface area contributed by atoms with Crippen LogP contribution < -0.4 is 9.47 Å². The summed E-state index contributed by atoms with van der Waals surface area (Å²) >= 11 is 1.29. The van der Waals surface area contributed by atoms with E-state index >= 15 is 0 Å². The molecule has 3 aromatic rings. The van der Waals surface area contributed by atoms with Crippen molar-refractivity contribution in [3.8, 4) is 11.5 Å². The van der Waals surface area contributed by atoms with Crippen LogP contribution in [0.3, 0.4) is 0 Å². The summed E-state index contributed by atoms with van der Waals surface area (Å²) in [7, 11) is 1.54. The minimum atomic E-state index is -0.447. The fourth-order valence-electron chi connectivity index (χ4n) is 2.51. The fraction of sp³-hybridized carbons (Fsp3) is 0.200. The van der Waals surface area contributed by atoms with Crippen LogP contribution in [0.2, 0.25) is 0 Å². The summed E-state index contributed by atoms with van der Waals surface area (Å²) in [5.74, 6) is 0.343. The standard InChI is InChI=1S/C20H18O5S/c1-3-24-20(22)19-18(15-9-4-5-10-17(15)26-19)25-12-16(21)13-7-6-8-14(11-13)23-2/h4-11H,3,12H2,1-2H3. The summed E-state index contributed by atoms with van der Waals surface area (Å²) in [6.07, 6.45) is 0. The van der Waals surface area contributed by atoms with Gasteiger partial charge in [0.15, 0.2) is 23.0 Å². The van der Waals surface area contributed by atoms with Crippen molar-refractivity contribution in [3.05, 3.63) is 59.0 Å². The molecule has 5 nitrogen and oxygen atoms in total. The molecule has 0 aliphatic heterocycles. The van der Waals surface area contributed by atoms with Gasteiger partial charge in [-0.15, -0.1) is 11.3 Å². The highest BCUT2D eigenvalue weighted by Crippen LogP contribution is 2.38. The molecule has 0 bridgehead atoms. The Balaban J connectivity index is 1.86. The first-order valence-corrected chi connectivity index (χ1v) is 8.94. The first-order chi connectivity index (χ1) is 12.6. The van der Waals surface area contributed by atoms with Crippen LogP contribution in [0.15, 0.2) is 48.5 Å². The average molecular weight is 370 g/mol. The molecular weight excluding hydrogens is 352 g/mol. The van der Waals surface area contributed by atoms with Crippen LogP contribution >= 0.6 is 11.3 Å². The molecule has 0 aliphatic rings. The van der Waals surface area contributed by atoms with E-state index in [4.69, 9.17) is 14.2 Å². The molecule has 0 radical (unpaired) electrons. The second-order valence-corrected chi connectivity index (χ2v) is 6.47. The summed E-state index contributed by atoms with van der Waals surface area (Å²) in [4.78, 5) is 25.1. The summed E-state index contributed by atoms with van der Waals surface area (Å²) in [6, 6.07) is 14.4. The van der Waals surface area contributed by atoms with E-state index in [9.17, 15) is 9.59 Å². The molecule has 1 heterocycles. The number of carbonyl (C=O) groups is 2. The van der Waals surface area contributed by atoms with Gasteiger partial charge in [-0.25, -0.2) is 4.79 Å². The second kappa shape index (κ2) is 8.01. The molecule has 1 aromatic heterocycles. The monoisotopic (exact) mass is 370 g/mol. The van der Waals surface area contributed by atoms with E-state index in [1.54, 1.807) is 38.3 Å². The Labute approximate surface area is 155 Å². The van der Waals surface area contributed by atoms with Gasteiger partial charge in [-0.1, -0.05) is 24.3 Å². The molecule has 0 spiro atoms. The Kier molecular flexibility index (Phi) is 5.53. The maximum absolute atomic E-state index is 12.5. The van der Waals surface area contributed by atoms with Gasteiger partial charge in [0.05, 0.1) is 13.7 Å². The van der Waals surface area contributed by atoms with Crippen molar-refractivity contribution in [2.45, 2.75) is 6.92 Å². The molecule has 2 aromatic carbocycles. The summed E-state index contributed by atoms with van der Waals surface area (Å²) in [6.45, 7) is 1.84. The van der Waals surface area contributed by atoms with E-state index in [1.165, 1.54) is 11.3 Å². The van der Waals surface area contributed by atoms with Crippen LogP contribution in [0, 0.1) is 0 Å². The quantitative estimate of drug-likeness (QED) is 0.457. The fourth-order valence-corrected chi connectivity index (χ4v) is 3.55. The van der Waals surface area contributed by atoms with Crippen LogP contribution in [0.5, 0.6) is 11.5 Å². The third-order valence-corrected chi connectivity index (χ3v) is 4.88. The molecule has 0 atom stereocenters. The van der Waals surface area contributed by atoms with Crippen LogP contribution in [-0.2, 0) is 4.74 Å². The van der Waals surface area contributed by atoms with E-state index in [-0.39, 0.29) is 19.0 Å². The molecule has 0 saturated carbocycles. The number of esters is 1. The zero-order valence-corrected chi connectivity index (χ0v) is 15.3. The lowest BCUT2D eigenvalue weighted by molar-refractivity contribution is 0.0526. The number of thiophene rings is 1. The van der Waals surface area contributed by atoms with Gasteiger partial charge < -0.3 is 14.2 Å². The highest BCUT2D eigenvalue weighted by Gasteiger charge is 2.22. The topological polar surface area (TPSA) is 61.8 Å². The maximum Gasteiger partial charge on any atom is 0.352 e. The molecule has 0 N–H and O–H groups in total. The van der Waals surface area contributed by atoms with Gasteiger partial charge in [0.2, 0.25) is 0 Å². The first kappa shape index (κ1) is 17.9. The van der Waals surface area contributed by atoms with Crippen LogP contribution in [0.4, 0.5) is 0 Å². The van der Waals surface area contributed by atoms with Gasteiger partial charge in [0, 0.05) is 15.6 Å². The lowest BCUT2D eigenvalue weighted by Gasteiger charge is -2.08. The molecule has 0 unspecified atom stereocenters. The number of hydrogen-bond donors (Lipinski definition) is 0. The largest absolute Gasteiger partial charge is 0.497 e. The maximum atomic E-state index is 12.5. The number of ether oxygens (including phenoxy) is 3. The Bertz CT molecular complexity index is 944. The van der Waals surface area contributed by atoms with Crippen molar-refractivity contribution in [1.29, 1.82) is 0 Å². The van der Waals surface area contributed by atoms with Crippen molar-refractivity contribution in [2.24, 2.45) is 0 Å². The molecule has 6 heteroatoms. The molecule has 0 saturated heterocycles. The van der Waals surface area contributed by atoms with Crippen LogP contribution in [0.25, 0.3) is 10.1 Å². The molecule has 0 aliphatic carbocycles. The van der Waals surface area contributed by atoms with Gasteiger partial charge in [-0.05, 0) is 31.2 Å². The molecular formula is C20H18O5S. The van der Waals surface area contributed by atoms with Crippen molar-refractivity contribution < 1.29 is 23.8 Å². The van der Waals surface area contributed by atoms with E-state index < -0.39 is 5.97 Å². The number of hydrogen-bond acceptors (Lipinski definition) is 6. The highest BCUT2D eigenvalue weighted by atomic mass is 32.1. The number of rotatable bonds is 7. The smallest absolute Gasteiger partial charge is 0.352 e. The molecule has 26 heavy (non-hydrogen) atoms. The van der Waals surface area contributed by atoms with Gasteiger partial charge in [0.1, 0.15) is 5.75 Å². The van der Waals surface area contributed by atoms with Crippen molar-refractivity contribution in [1.82, 2.24) is 0 Å². The third kappa shape index (κ3) is 3.70. The van der Waals surface area contributed by atoms with Gasteiger partial charge in [-0.3, -0.25) is 4.79 Å². The molecule has 3 rings (SSSR count). The zero-order chi connectivity index (χ0) is 18.5. The lowest BCUT2D eigenvalue weighted by Crippen LogP contribution is -2.13. The number of Topliss-reactive ketones (excluding diaryl/α,β-unsaturated/α-hetero) is 1. The van der Waals surface area contributed by atoms with E-state index in [0.29, 0.717) is 21.9 Å². The van der Waals surface area contributed by atoms with E-state index in [1.807, 2.05) is 24.3 Å². The number of fused-ring (bicyclic) bond motifs is 1. The SMILES string of the molecule is CCOC(=O)c1sc2ccccc2c1OCC(=O)c1cccc(OC)c1.